The fourth-order valence-corrected chi connectivity index (χ4v) is 2.37. The molecule has 5 heteroatoms. The van der Waals surface area contributed by atoms with Gasteiger partial charge < -0.3 is 5.73 Å². The minimum atomic E-state index is 0.439. The van der Waals surface area contributed by atoms with E-state index in [-0.39, 0.29) is 0 Å². The molecule has 0 aliphatic rings. The van der Waals surface area contributed by atoms with E-state index in [4.69, 9.17) is 5.73 Å². The van der Waals surface area contributed by atoms with Gasteiger partial charge in [0.2, 0.25) is 0 Å². The van der Waals surface area contributed by atoms with Crippen LogP contribution in [0.2, 0.25) is 0 Å². The number of rotatable bonds is 2. The number of nitrogens with zero attached hydrogens (tertiary/aromatic N) is 2. The van der Waals surface area contributed by atoms with E-state index >= 15 is 0 Å². The second-order valence-electron chi connectivity index (χ2n) is 2.84. The van der Waals surface area contributed by atoms with Crippen LogP contribution in [0.3, 0.4) is 0 Å². The molecule has 0 spiro atoms. The number of nitrogen functional groups attached to an aromatic ring is 1. The minimum absolute atomic E-state index is 0.439. The molecule has 0 saturated heterocycles. The van der Waals surface area contributed by atoms with Gasteiger partial charge in [-0.2, -0.15) is 0 Å². The van der Waals surface area contributed by atoms with Crippen molar-refractivity contribution in [1.29, 1.82) is 0 Å². The molecule has 1 heterocycles. The molecule has 15 heavy (non-hydrogen) atoms. The standard InChI is InChI=1S/C10H8BrN3S/c11-7-2-1-3-8(4-7)15-10-6-13-9(12)5-14-10/h1-6H,(H2,12,13). The Labute approximate surface area is 100 Å². The molecule has 0 bridgehead atoms. The van der Waals surface area contributed by atoms with E-state index in [1.807, 2.05) is 24.3 Å². The van der Waals surface area contributed by atoms with Gasteiger partial charge in [-0.15, -0.1) is 0 Å². The van der Waals surface area contributed by atoms with Crippen molar-refractivity contribution in [3.05, 3.63) is 41.1 Å². The van der Waals surface area contributed by atoms with Crippen LogP contribution in [-0.4, -0.2) is 9.97 Å². The van der Waals surface area contributed by atoms with Crippen LogP contribution in [0.5, 0.6) is 0 Å². The lowest BCUT2D eigenvalue weighted by Gasteiger charge is -2.00. The van der Waals surface area contributed by atoms with Gasteiger partial charge >= 0.3 is 0 Å². The zero-order valence-electron chi connectivity index (χ0n) is 7.72. The first-order valence-electron chi connectivity index (χ1n) is 4.25. The molecular formula is C10H8BrN3S. The van der Waals surface area contributed by atoms with E-state index in [0.717, 1.165) is 14.4 Å². The topological polar surface area (TPSA) is 51.8 Å². The number of nitrogens with two attached hydrogens (primary N) is 1. The minimum Gasteiger partial charge on any atom is -0.382 e. The van der Waals surface area contributed by atoms with E-state index in [1.165, 1.54) is 0 Å². The van der Waals surface area contributed by atoms with Gasteiger partial charge in [0.15, 0.2) is 0 Å². The lowest BCUT2D eigenvalue weighted by molar-refractivity contribution is 1.06. The van der Waals surface area contributed by atoms with Crippen molar-refractivity contribution >= 4 is 33.5 Å². The quantitative estimate of drug-likeness (QED) is 0.920. The molecule has 2 rings (SSSR count). The summed E-state index contributed by atoms with van der Waals surface area (Å²) in [7, 11) is 0. The van der Waals surface area contributed by atoms with Crippen LogP contribution in [0.1, 0.15) is 0 Å². The summed E-state index contributed by atoms with van der Waals surface area (Å²) in [6.45, 7) is 0. The van der Waals surface area contributed by atoms with Crippen LogP contribution < -0.4 is 5.73 Å². The highest BCUT2D eigenvalue weighted by Crippen LogP contribution is 2.27. The van der Waals surface area contributed by atoms with E-state index in [9.17, 15) is 0 Å². The summed E-state index contributed by atoms with van der Waals surface area (Å²) in [5, 5.41) is 0.835. The van der Waals surface area contributed by atoms with Gasteiger partial charge in [0.1, 0.15) is 10.8 Å². The summed E-state index contributed by atoms with van der Waals surface area (Å²) >= 11 is 4.97. The molecule has 1 aromatic heterocycles. The first kappa shape index (κ1) is 10.4. The molecule has 0 radical (unpaired) electrons. The van der Waals surface area contributed by atoms with Crippen LogP contribution in [-0.2, 0) is 0 Å². The van der Waals surface area contributed by atoms with Crippen LogP contribution in [0.25, 0.3) is 0 Å². The molecule has 0 aliphatic carbocycles. The van der Waals surface area contributed by atoms with Crippen molar-refractivity contribution in [2.24, 2.45) is 0 Å². The van der Waals surface area contributed by atoms with E-state index < -0.39 is 0 Å². The van der Waals surface area contributed by atoms with Gasteiger partial charge in [0.05, 0.1) is 12.4 Å². The summed E-state index contributed by atoms with van der Waals surface area (Å²) in [5.74, 6) is 0.439. The van der Waals surface area contributed by atoms with Crippen LogP contribution in [0.4, 0.5) is 5.82 Å². The van der Waals surface area contributed by atoms with Gasteiger partial charge in [0, 0.05) is 9.37 Å². The maximum Gasteiger partial charge on any atom is 0.141 e. The molecule has 1 aromatic carbocycles. The normalized spacial score (nSPS) is 10.2. The zero-order valence-corrected chi connectivity index (χ0v) is 10.1. The zero-order chi connectivity index (χ0) is 10.7. The number of halogens is 1. The van der Waals surface area contributed by atoms with Gasteiger partial charge in [-0.05, 0) is 18.2 Å². The Morgan fingerprint density at radius 2 is 2.07 bits per heavy atom. The number of hydrogen-bond donors (Lipinski definition) is 1. The van der Waals surface area contributed by atoms with Crippen LogP contribution >= 0.6 is 27.7 Å². The highest BCUT2D eigenvalue weighted by Gasteiger charge is 1.99. The number of aromatic nitrogens is 2. The number of hydrogen-bond acceptors (Lipinski definition) is 4. The van der Waals surface area contributed by atoms with Gasteiger partial charge in [-0.3, -0.25) is 0 Å². The molecule has 3 nitrogen and oxygen atoms in total. The maximum absolute atomic E-state index is 5.45. The van der Waals surface area contributed by atoms with Crippen molar-refractivity contribution < 1.29 is 0 Å². The van der Waals surface area contributed by atoms with Crippen molar-refractivity contribution in [1.82, 2.24) is 9.97 Å². The second-order valence-corrected chi connectivity index (χ2v) is 4.85. The highest BCUT2D eigenvalue weighted by molar-refractivity contribution is 9.10. The molecule has 0 fully saturated rings. The van der Waals surface area contributed by atoms with Crippen molar-refractivity contribution in [3.8, 4) is 0 Å². The molecule has 0 amide bonds. The summed E-state index contributed by atoms with van der Waals surface area (Å²) in [6.07, 6.45) is 3.22. The Morgan fingerprint density at radius 1 is 1.20 bits per heavy atom. The summed E-state index contributed by atoms with van der Waals surface area (Å²) in [5.41, 5.74) is 5.45. The molecular weight excluding hydrogens is 274 g/mol. The summed E-state index contributed by atoms with van der Waals surface area (Å²) in [4.78, 5) is 9.26. The molecule has 0 aliphatic heterocycles. The Balaban J connectivity index is 2.18. The molecule has 76 valence electrons. The second kappa shape index (κ2) is 4.63. The summed E-state index contributed by atoms with van der Waals surface area (Å²) in [6, 6.07) is 8.02. The Bertz CT molecular complexity index is 458. The smallest absolute Gasteiger partial charge is 0.141 e. The molecule has 0 saturated carbocycles. The van der Waals surface area contributed by atoms with E-state index in [1.54, 1.807) is 24.2 Å². The molecule has 0 unspecified atom stereocenters. The predicted octanol–water partition coefficient (Wildman–Crippen LogP) is 2.97. The monoisotopic (exact) mass is 281 g/mol. The van der Waals surface area contributed by atoms with Gasteiger partial charge in [-0.25, -0.2) is 9.97 Å². The third-order valence-corrected chi connectivity index (χ3v) is 3.07. The van der Waals surface area contributed by atoms with Crippen LogP contribution in [0.15, 0.2) is 51.1 Å². The highest BCUT2D eigenvalue weighted by atomic mass is 79.9. The fraction of sp³-hybridized carbons (Fsp3) is 0. The average molecular weight is 282 g/mol. The average Bonchev–Trinajstić information content (AvgIpc) is 2.22. The number of anilines is 1. The van der Waals surface area contributed by atoms with E-state index in [0.29, 0.717) is 5.82 Å². The first-order chi connectivity index (χ1) is 7.24. The van der Waals surface area contributed by atoms with Crippen molar-refractivity contribution in [3.63, 3.8) is 0 Å². The largest absolute Gasteiger partial charge is 0.382 e. The summed E-state index contributed by atoms with van der Waals surface area (Å²) < 4.78 is 1.05. The van der Waals surface area contributed by atoms with Gasteiger partial charge in [-0.1, -0.05) is 33.8 Å². The number of benzene rings is 1. The van der Waals surface area contributed by atoms with Gasteiger partial charge in [0.25, 0.3) is 0 Å². The third kappa shape index (κ3) is 2.94. The SMILES string of the molecule is Nc1cnc(Sc2cccc(Br)c2)cn1. The Morgan fingerprint density at radius 3 is 2.73 bits per heavy atom. The molecule has 2 aromatic rings. The first-order valence-corrected chi connectivity index (χ1v) is 5.86. The van der Waals surface area contributed by atoms with E-state index in [2.05, 4.69) is 25.9 Å². The lowest BCUT2D eigenvalue weighted by atomic mass is 10.4. The van der Waals surface area contributed by atoms with Crippen LogP contribution in [0, 0.1) is 0 Å². The van der Waals surface area contributed by atoms with Crippen molar-refractivity contribution in [2.75, 3.05) is 5.73 Å². The Hall–Kier alpha value is -1.07. The lowest BCUT2D eigenvalue weighted by Crippen LogP contribution is -1.91. The predicted molar refractivity (Wildman–Crippen MR) is 64.7 cm³/mol. The van der Waals surface area contributed by atoms with Crippen molar-refractivity contribution in [2.45, 2.75) is 9.92 Å². The third-order valence-electron chi connectivity index (χ3n) is 1.67. The fourth-order valence-electron chi connectivity index (χ4n) is 1.03. The molecule has 2 N–H and O–H groups in total. The Kier molecular flexibility index (Phi) is 3.23. The maximum atomic E-state index is 5.45. The molecule has 0 atom stereocenters.